The third-order valence-corrected chi connectivity index (χ3v) is 8.46. The van der Waals surface area contributed by atoms with E-state index in [0.29, 0.717) is 26.1 Å². The molecule has 1 fully saturated rings. The van der Waals surface area contributed by atoms with E-state index in [2.05, 4.69) is 25.0 Å². The van der Waals surface area contributed by atoms with Crippen LogP contribution in [0.5, 0.6) is 0 Å². The summed E-state index contributed by atoms with van der Waals surface area (Å²) in [6.07, 6.45) is -1.68. The minimum Gasteiger partial charge on any atom is -0.450 e. The van der Waals surface area contributed by atoms with Crippen LogP contribution >= 0.6 is 0 Å². The SMILES string of the molecule is CC(C)(C)OC(=O)N1C[C@H](OCc2ccccc2)C[C@@H]1[C@@H](O)[C@H](Cc1ccccc1)NC(=O)OCC[Si](C)(C)C. The van der Waals surface area contributed by atoms with Crippen LogP contribution in [0.15, 0.2) is 60.7 Å². The molecule has 2 aromatic rings. The molecule has 0 aliphatic carbocycles. The molecule has 1 aliphatic rings. The van der Waals surface area contributed by atoms with Crippen molar-refractivity contribution < 1.29 is 28.9 Å². The Balaban J connectivity index is 1.78. The highest BCUT2D eigenvalue weighted by molar-refractivity contribution is 6.76. The van der Waals surface area contributed by atoms with Gasteiger partial charge in [-0.2, -0.15) is 0 Å². The first-order valence-corrected chi connectivity index (χ1v) is 17.8. The molecule has 0 spiro atoms. The monoisotopic (exact) mass is 570 g/mol. The van der Waals surface area contributed by atoms with Gasteiger partial charge in [0.1, 0.15) is 5.60 Å². The zero-order valence-corrected chi connectivity index (χ0v) is 25.8. The first-order chi connectivity index (χ1) is 18.8. The minimum absolute atomic E-state index is 0.280. The van der Waals surface area contributed by atoms with Crippen molar-refractivity contribution in [2.75, 3.05) is 13.2 Å². The number of hydrogen-bond acceptors (Lipinski definition) is 6. The lowest BCUT2D eigenvalue weighted by atomic mass is 9.94. The molecule has 1 heterocycles. The molecule has 0 bridgehead atoms. The van der Waals surface area contributed by atoms with Gasteiger partial charge < -0.3 is 24.6 Å². The summed E-state index contributed by atoms with van der Waals surface area (Å²) in [4.78, 5) is 27.6. The highest BCUT2D eigenvalue weighted by atomic mass is 28.3. The number of carbonyl (C=O) groups is 2. The van der Waals surface area contributed by atoms with Gasteiger partial charge in [-0.25, -0.2) is 9.59 Å². The van der Waals surface area contributed by atoms with E-state index in [0.717, 1.165) is 17.2 Å². The molecule has 0 saturated carbocycles. The fourth-order valence-corrected chi connectivity index (χ4v) is 5.34. The second-order valence-electron chi connectivity index (χ2n) is 12.7. The zero-order chi connectivity index (χ0) is 29.3. The van der Waals surface area contributed by atoms with Crippen LogP contribution in [0.2, 0.25) is 25.7 Å². The lowest BCUT2D eigenvalue weighted by molar-refractivity contribution is -0.00276. The molecule has 1 aliphatic heterocycles. The van der Waals surface area contributed by atoms with Crippen LogP contribution in [0.3, 0.4) is 0 Å². The lowest BCUT2D eigenvalue weighted by Gasteiger charge is -2.34. The van der Waals surface area contributed by atoms with Gasteiger partial charge in [0, 0.05) is 8.07 Å². The highest BCUT2D eigenvalue weighted by Crippen LogP contribution is 2.28. The Labute approximate surface area is 240 Å². The maximum atomic E-state index is 13.3. The average molecular weight is 571 g/mol. The smallest absolute Gasteiger partial charge is 0.410 e. The topological polar surface area (TPSA) is 97.3 Å². The van der Waals surface area contributed by atoms with E-state index < -0.39 is 44.0 Å². The lowest BCUT2D eigenvalue weighted by Crippen LogP contribution is -2.55. The molecular weight excluding hydrogens is 524 g/mol. The van der Waals surface area contributed by atoms with Gasteiger partial charge in [0.25, 0.3) is 0 Å². The second kappa shape index (κ2) is 14.1. The summed E-state index contributed by atoms with van der Waals surface area (Å²) in [5, 5.41) is 14.6. The first-order valence-electron chi connectivity index (χ1n) is 14.1. The zero-order valence-electron chi connectivity index (χ0n) is 24.8. The second-order valence-corrected chi connectivity index (χ2v) is 18.4. The van der Waals surface area contributed by atoms with Crippen molar-refractivity contribution in [3.8, 4) is 0 Å². The van der Waals surface area contributed by atoms with E-state index >= 15 is 0 Å². The Morgan fingerprint density at radius 3 is 2.20 bits per heavy atom. The molecule has 8 nitrogen and oxygen atoms in total. The molecule has 40 heavy (non-hydrogen) atoms. The number of amides is 2. The summed E-state index contributed by atoms with van der Waals surface area (Å²) in [5.74, 6) is 0. The number of aliphatic hydroxyl groups is 1. The fraction of sp³-hybridized carbons (Fsp3) is 0.548. The highest BCUT2D eigenvalue weighted by Gasteiger charge is 2.44. The molecule has 0 radical (unpaired) electrons. The van der Waals surface area contributed by atoms with Crippen molar-refractivity contribution in [3.63, 3.8) is 0 Å². The number of likely N-dealkylation sites (tertiary alicyclic amines) is 1. The van der Waals surface area contributed by atoms with Gasteiger partial charge in [0.2, 0.25) is 0 Å². The molecular formula is C31H46N2O6Si. The minimum atomic E-state index is -1.38. The van der Waals surface area contributed by atoms with E-state index in [1.807, 2.05) is 81.4 Å². The molecule has 9 heteroatoms. The Bertz CT molecular complexity index is 1070. The van der Waals surface area contributed by atoms with Crippen molar-refractivity contribution in [1.82, 2.24) is 10.2 Å². The number of hydrogen-bond donors (Lipinski definition) is 2. The van der Waals surface area contributed by atoms with Gasteiger partial charge in [-0.15, -0.1) is 0 Å². The number of ether oxygens (including phenoxy) is 3. The standard InChI is InChI=1S/C31H46N2O6Si/c1-31(2,3)39-30(36)33-21-25(38-22-24-15-11-8-12-16-24)20-27(33)28(34)26(19-23-13-9-7-10-14-23)32-29(35)37-17-18-40(4,5)6/h7-16,25-28,34H,17-22H2,1-6H3,(H,32,35)/t25-,26+,27-,28+/m1/s1. The van der Waals surface area contributed by atoms with E-state index in [1.54, 1.807) is 4.90 Å². The summed E-state index contributed by atoms with van der Waals surface area (Å²) in [7, 11) is -1.38. The van der Waals surface area contributed by atoms with Crippen LogP contribution in [0, 0.1) is 0 Å². The van der Waals surface area contributed by atoms with Crippen LogP contribution in [0.4, 0.5) is 9.59 Å². The van der Waals surface area contributed by atoms with E-state index in [-0.39, 0.29) is 12.6 Å². The van der Waals surface area contributed by atoms with E-state index in [4.69, 9.17) is 14.2 Å². The Morgan fingerprint density at radius 1 is 1.02 bits per heavy atom. The van der Waals surface area contributed by atoms with Crippen LogP contribution in [-0.4, -0.2) is 73.3 Å². The fourth-order valence-electron chi connectivity index (χ4n) is 4.63. The Morgan fingerprint density at radius 2 is 1.62 bits per heavy atom. The molecule has 220 valence electrons. The van der Waals surface area contributed by atoms with Gasteiger partial charge in [-0.05, 0) is 50.8 Å². The van der Waals surface area contributed by atoms with Crippen LogP contribution < -0.4 is 5.32 Å². The van der Waals surface area contributed by atoms with Crippen molar-refractivity contribution in [1.29, 1.82) is 0 Å². The van der Waals surface area contributed by atoms with Crippen LogP contribution in [-0.2, 0) is 27.2 Å². The largest absolute Gasteiger partial charge is 0.450 e. The number of alkyl carbamates (subject to hydrolysis) is 1. The van der Waals surface area contributed by atoms with Crippen molar-refractivity contribution >= 4 is 20.3 Å². The summed E-state index contributed by atoms with van der Waals surface area (Å²) in [6.45, 7) is 13.1. The Hall–Kier alpha value is -2.88. The molecule has 2 aromatic carbocycles. The number of rotatable bonds is 11. The van der Waals surface area contributed by atoms with Gasteiger partial charge in [0.15, 0.2) is 0 Å². The van der Waals surface area contributed by atoms with Crippen LogP contribution in [0.1, 0.15) is 38.3 Å². The molecule has 0 aromatic heterocycles. The number of benzene rings is 2. The summed E-state index contributed by atoms with van der Waals surface area (Å²) in [5.41, 5.74) is 1.28. The third kappa shape index (κ3) is 10.6. The predicted molar refractivity (Wildman–Crippen MR) is 159 cm³/mol. The maximum absolute atomic E-state index is 13.3. The summed E-state index contributed by atoms with van der Waals surface area (Å²) < 4.78 is 17.4. The van der Waals surface area contributed by atoms with Crippen molar-refractivity contribution in [2.45, 2.75) is 95.8 Å². The third-order valence-electron chi connectivity index (χ3n) is 6.75. The van der Waals surface area contributed by atoms with E-state index in [9.17, 15) is 14.7 Å². The molecule has 4 atom stereocenters. The molecule has 2 N–H and O–H groups in total. The average Bonchev–Trinajstić information content (AvgIpc) is 3.31. The predicted octanol–water partition coefficient (Wildman–Crippen LogP) is 5.62. The molecule has 1 saturated heterocycles. The molecule has 3 rings (SSSR count). The summed E-state index contributed by atoms with van der Waals surface area (Å²) >= 11 is 0. The van der Waals surface area contributed by atoms with Gasteiger partial charge in [-0.3, -0.25) is 4.90 Å². The van der Waals surface area contributed by atoms with Crippen molar-refractivity contribution in [2.24, 2.45) is 0 Å². The Kier molecular flexibility index (Phi) is 11.2. The van der Waals surface area contributed by atoms with Gasteiger partial charge >= 0.3 is 12.2 Å². The van der Waals surface area contributed by atoms with E-state index in [1.165, 1.54) is 0 Å². The van der Waals surface area contributed by atoms with Gasteiger partial charge in [-0.1, -0.05) is 80.3 Å². The quantitative estimate of drug-likeness (QED) is 0.341. The van der Waals surface area contributed by atoms with Crippen LogP contribution in [0.25, 0.3) is 0 Å². The maximum Gasteiger partial charge on any atom is 0.410 e. The number of nitrogens with zero attached hydrogens (tertiary/aromatic N) is 1. The normalized spacial score (nSPS) is 19.1. The number of nitrogens with one attached hydrogen (secondary N) is 1. The number of aliphatic hydroxyl groups excluding tert-OH is 1. The first kappa shape index (κ1) is 31.6. The van der Waals surface area contributed by atoms with Gasteiger partial charge in [0.05, 0.1) is 44.1 Å². The number of carbonyl (C=O) groups excluding carboxylic acids is 2. The molecule has 2 amide bonds. The van der Waals surface area contributed by atoms with Crippen molar-refractivity contribution in [3.05, 3.63) is 71.8 Å². The molecule has 0 unspecified atom stereocenters. The summed E-state index contributed by atoms with van der Waals surface area (Å²) in [6, 6.07) is 19.0.